The number of nitrogens with two attached hydrogens (primary N) is 2. The number of Topliss-reactive ketones (excluding diaryl/α,β-unsaturated/α-hetero) is 1. The number of anilines is 1. The SMILES string of the molecule is C.C[C@H](NC(=O)[C@@H](N)CCc1ccccn1)C(=O)CCc1ccc2c(N)nccc2c1. The number of hydrogen-bond donors (Lipinski definition) is 3. The summed E-state index contributed by atoms with van der Waals surface area (Å²) in [6, 6.07) is 12.1. The Hall–Kier alpha value is -3.32. The number of pyridine rings is 2. The average molecular weight is 422 g/mol. The minimum atomic E-state index is -0.679. The number of hydrogen-bond acceptors (Lipinski definition) is 6. The number of nitrogens with zero attached hydrogens (tertiary/aromatic N) is 2. The van der Waals surface area contributed by atoms with E-state index in [9.17, 15) is 9.59 Å². The standard InChI is InChI=1S/C23H27N5O2.CH4/c1-15(28-23(30)20(24)9-7-18-4-2-3-12-26-18)21(29)10-6-16-5-8-19-17(14-16)11-13-27-22(19)25;/h2-5,8,11-15,20H,6-7,9-10,24H2,1H3,(H2,25,27)(H,28,30);1H4/t15-,20-;/m0./s1. The molecule has 0 saturated heterocycles. The summed E-state index contributed by atoms with van der Waals surface area (Å²) in [5.41, 5.74) is 13.8. The van der Waals surface area contributed by atoms with Gasteiger partial charge in [0.2, 0.25) is 5.91 Å². The molecule has 0 fully saturated rings. The van der Waals surface area contributed by atoms with Crippen molar-refractivity contribution in [2.45, 2.75) is 52.1 Å². The third-order valence-corrected chi connectivity index (χ3v) is 5.14. The number of rotatable bonds is 9. The van der Waals surface area contributed by atoms with Gasteiger partial charge < -0.3 is 16.8 Å². The highest BCUT2D eigenvalue weighted by atomic mass is 16.2. The molecule has 164 valence electrons. The van der Waals surface area contributed by atoms with Crippen LogP contribution in [0.15, 0.2) is 54.9 Å². The summed E-state index contributed by atoms with van der Waals surface area (Å²) in [5.74, 6) is 0.140. The lowest BCUT2D eigenvalue weighted by atomic mass is 10.0. The van der Waals surface area contributed by atoms with Crippen LogP contribution < -0.4 is 16.8 Å². The van der Waals surface area contributed by atoms with Crippen molar-refractivity contribution in [3.05, 3.63) is 66.1 Å². The van der Waals surface area contributed by atoms with Crippen LogP contribution in [-0.4, -0.2) is 33.7 Å². The highest BCUT2D eigenvalue weighted by Gasteiger charge is 2.20. The van der Waals surface area contributed by atoms with Crippen molar-refractivity contribution in [1.29, 1.82) is 0 Å². The van der Waals surface area contributed by atoms with Gasteiger partial charge in [0.25, 0.3) is 0 Å². The molecule has 0 saturated carbocycles. The zero-order chi connectivity index (χ0) is 21.5. The number of ketones is 1. The monoisotopic (exact) mass is 421 g/mol. The van der Waals surface area contributed by atoms with Gasteiger partial charge in [0, 0.05) is 29.9 Å². The molecular weight excluding hydrogens is 390 g/mol. The summed E-state index contributed by atoms with van der Waals surface area (Å²) >= 11 is 0. The second kappa shape index (κ2) is 11.2. The van der Waals surface area contributed by atoms with Gasteiger partial charge in [-0.3, -0.25) is 14.6 Å². The molecule has 1 amide bonds. The fourth-order valence-electron chi connectivity index (χ4n) is 3.27. The van der Waals surface area contributed by atoms with Crippen LogP contribution in [0.3, 0.4) is 0 Å². The summed E-state index contributed by atoms with van der Waals surface area (Å²) in [5, 5.41) is 4.62. The summed E-state index contributed by atoms with van der Waals surface area (Å²) in [7, 11) is 0. The maximum Gasteiger partial charge on any atom is 0.237 e. The molecule has 0 spiro atoms. The Bertz CT molecular complexity index is 1020. The molecule has 7 nitrogen and oxygen atoms in total. The van der Waals surface area contributed by atoms with Gasteiger partial charge >= 0.3 is 0 Å². The molecule has 2 atom stereocenters. The van der Waals surface area contributed by atoms with E-state index < -0.39 is 12.1 Å². The molecule has 0 bridgehead atoms. The number of nitrogen functional groups attached to an aromatic ring is 1. The highest BCUT2D eigenvalue weighted by Crippen LogP contribution is 2.20. The Kier molecular flexibility index (Phi) is 8.63. The van der Waals surface area contributed by atoms with Gasteiger partial charge in [0.05, 0.1) is 12.1 Å². The third-order valence-electron chi connectivity index (χ3n) is 5.14. The first-order chi connectivity index (χ1) is 14.4. The van der Waals surface area contributed by atoms with Crippen molar-refractivity contribution in [1.82, 2.24) is 15.3 Å². The number of benzene rings is 1. The topological polar surface area (TPSA) is 124 Å². The Morgan fingerprint density at radius 2 is 1.87 bits per heavy atom. The average Bonchev–Trinajstić information content (AvgIpc) is 2.76. The number of aryl methyl sites for hydroxylation is 2. The van der Waals surface area contributed by atoms with E-state index in [1.54, 1.807) is 19.3 Å². The van der Waals surface area contributed by atoms with Crippen LogP contribution in [-0.2, 0) is 22.4 Å². The van der Waals surface area contributed by atoms with Crippen LogP contribution in [0.5, 0.6) is 0 Å². The predicted molar refractivity (Wildman–Crippen MR) is 124 cm³/mol. The van der Waals surface area contributed by atoms with Crippen molar-refractivity contribution in [2.75, 3.05) is 5.73 Å². The van der Waals surface area contributed by atoms with E-state index in [1.807, 2.05) is 42.5 Å². The van der Waals surface area contributed by atoms with Crippen molar-refractivity contribution >= 4 is 28.3 Å². The Balaban J connectivity index is 0.00000341. The molecule has 2 aromatic heterocycles. The molecule has 0 radical (unpaired) electrons. The second-order valence-electron chi connectivity index (χ2n) is 7.41. The predicted octanol–water partition coefficient (Wildman–Crippen LogP) is 2.81. The van der Waals surface area contributed by atoms with Gasteiger partial charge in [0.1, 0.15) is 5.82 Å². The van der Waals surface area contributed by atoms with Crippen LogP contribution in [0.2, 0.25) is 0 Å². The van der Waals surface area contributed by atoms with Gasteiger partial charge in [-0.25, -0.2) is 4.98 Å². The van der Waals surface area contributed by atoms with Gasteiger partial charge in [-0.05, 0) is 55.3 Å². The van der Waals surface area contributed by atoms with Crippen LogP contribution >= 0.6 is 0 Å². The van der Waals surface area contributed by atoms with E-state index in [1.165, 1.54) is 0 Å². The lowest BCUT2D eigenvalue weighted by Gasteiger charge is -2.17. The largest absolute Gasteiger partial charge is 0.383 e. The molecule has 3 aromatic rings. The third kappa shape index (κ3) is 6.58. The molecule has 2 heterocycles. The number of fused-ring (bicyclic) bond motifs is 1. The summed E-state index contributed by atoms with van der Waals surface area (Å²) in [4.78, 5) is 33.1. The summed E-state index contributed by atoms with van der Waals surface area (Å²) in [6.07, 6.45) is 5.38. The van der Waals surface area contributed by atoms with E-state index >= 15 is 0 Å². The van der Waals surface area contributed by atoms with E-state index in [4.69, 9.17) is 11.5 Å². The molecule has 0 aliphatic carbocycles. The number of carbonyl (C=O) groups is 2. The number of aromatic nitrogens is 2. The zero-order valence-corrected chi connectivity index (χ0v) is 17.0. The normalized spacial score (nSPS) is 12.6. The van der Waals surface area contributed by atoms with Crippen LogP contribution in [0.1, 0.15) is 38.4 Å². The van der Waals surface area contributed by atoms with Crippen molar-refractivity contribution in [2.24, 2.45) is 5.73 Å². The van der Waals surface area contributed by atoms with Crippen LogP contribution in [0.25, 0.3) is 10.8 Å². The Labute approximate surface area is 183 Å². The van der Waals surface area contributed by atoms with Gasteiger partial charge in [-0.15, -0.1) is 0 Å². The van der Waals surface area contributed by atoms with E-state index in [0.29, 0.717) is 31.5 Å². The number of nitrogens with one attached hydrogen (secondary N) is 1. The Morgan fingerprint density at radius 3 is 2.61 bits per heavy atom. The lowest BCUT2D eigenvalue weighted by Crippen LogP contribution is -2.47. The molecule has 1 aromatic carbocycles. The molecule has 0 aliphatic rings. The minimum absolute atomic E-state index is 0. The Morgan fingerprint density at radius 1 is 1.06 bits per heavy atom. The van der Waals surface area contributed by atoms with Crippen LogP contribution in [0.4, 0.5) is 5.82 Å². The van der Waals surface area contributed by atoms with Gasteiger partial charge in [-0.1, -0.05) is 31.7 Å². The maximum atomic E-state index is 12.5. The smallest absolute Gasteiger partial charge is 0.237 e. The van der Waals surface area contributed by atoms with Gasteiger partial charge in [0.15, 0.2) is 5.78 Å². The lowest BCUT2D eigenvalue weighted by molar-refractivity contribution is -0.128. The summed E-state index contributed by atoms with van der Waals surface area (Å²) in [6.45, 7) is 1.69. The molecule has 5 N–H and O–H groups in total. The number of carbonyl (C=O) groups excluding carboxylic acids is 2. The zero-order valence-electron chi connectivity index (χ0n) is 17.0. The first-order valence-corrected chi connectivity index (χ1v) is 10.1. The van der Waals surface area contributed by atoms with Crippen molar-refractivity contribution < 1.29 is 9.59 Å². The quantitative estimate of drug-likeness (QED) is 0.488. The first kappa shape index (κ1) is 24.0. The molecule has 7 heteroatoms. The molecule has 0 aliphatic heterocycles. The first-order valence-electron chi connectivity index (χ1n) is 10.1. The maximum absolute atomic E-state index is 12.5. The fraction of sp³-hybridized carbons (Fsp3) is 0.333. The minimum Gasteiger partial charge on any atom is -0.383 e. The molecule has 31 heavy (non-hydrogen) atoms. The van der Waals surface area contributed by atoms with E-state index in [-0.39, 0.29) is 19.1 Å². The van der Waals surface area contributed by atoms with Crippen molar-refractivity contribution in [3.63, 3.8) is 0 Å². The molecule has 0 unspecified atom stereocenters. The molecular formula is C24H31N5O2. The van der Waals surface area contributed by atoms with E-state index in [2.05, 4.69) is 15.3 Å². The number of amides is 1. The highest BCUT2D eigenvalue weighted by molar-refractivity contribution is 5.92. The van der Waals surface area contributed by atoms with Gasteiger partial charge in [-0.2, -0.15) is 0 Å². The van der Waals surface area contributed by atoms with Crippen LogP contribution in [0, 0.1) is 0 Å². The molecule has 3 rings (SSSR count). The van der Waals surface area contributed by atoms with Crippen molar-refractivity contribution in [3.8, 4) is 0 Å². The summed E-state index contributed by atoms with van der Waals surface area (Å²) < 4.78 is 0. The fourth-order valence-corrected chi connectivity index (χ4v) is 3.27. The van der Waals surface area contributed by atoms with E-state index in [0.717, 1.165) is 22.0 Å². The second-order valence-corrected chi connectivity index (χ2v) is 7.41.